The summed E-state index contributed by atoms with van der Waals surface area (Å²) in [6.07, 6.45) is 0. The lowest BCUT2D eigenvalue weighted by molar-refractivity contribution is 0.0991. The van der Waals surface area contributed by atoms with Gasteiger partial charge in [-0.25, -0.2) is 0 Å². The monoisotopic (exact) mass is 288 g/mol. The Kier molecular flexibility index (Phi) is 3.75. The fraction of sp³-hybridized carbons (Fsp3) is 0.133. The van der Waals surface area contributed by atoms with Gasteiger partial charge in [0.25, 0.3) is 0 Å². The van der Waals surface area contributed by atoms with E-state index < -0.39 is 0 Å². The number of benzene rings is 2. The Morgan fingerprint density at radius 1 is 1.00 bits per heavy atom. The number of carbonyl (C=O) groups excluding carboxylic acids is 1. The third-order valence-electron chi connectivity index (χ3n) is 2.73. The first kappa shape index (κ1) is 12.1. The minimum absolute atomic E-state index is 0.106. The number of hydrogen-bond donors (Lipinski definition) is 0. The van der Waals surface area contributed by atoms with Crippen molar-refractivity contribution in [2.45, 2.75) is 11.8 Å². The van der Waals surface area contributed by atoms with Crippen molar-refractivity contribution in [1.29, 1.82) is 0 Å². The molecule has 0 aliphatic carbocycles. The predicted molar refractivity (Wildman–Crippen MR) is 73.6 cm³/mol. The lowest BCUT2D eigenvalue weighted by atomic mass is 9.99. The summed E-state index contributed by atoms with van der Waals surface area (Å²) >= 11 is 3.47. The highest BCUT2D eigenvalue weighted by molar-refractivity contribution is 9.09. The summed E-state index contributed by atoms with van der Waals surface area (Å²) < 4.78 is 0. The Bertz CT molecular complexity index is 519. The van der Waals surface area contributed by atoms with E-state index in [9.17, 15) is 4.79 Å². The van der Waals surface area contributed by atoms with Gasteiger partial charge in [-0.3, -0.25) is 4.79 Å². The first-order valence-corrected chi connectivity index (χ1v) is 6.40. The lowest BCUT2D eigenvalue weighted by Gasteiger charge is -2.10. The molecule has 86 valence electrons. The quantitative estimate of drug-likeness (QED) is 0.607. The normalized spacial score (nSPS) is 12.1. The van der Waals surface area contributed by atoms with Gasteiger partial charge >= 0.3 is 0 Å². The van der Waals surface area contributed by atoms with E-state index in [2.05, 4.69) is 15.9 Å². The second-order valence-electron chi connectivity index (χ2n) is 3.95. The summed E-state index contributed by atoms with van der Waals surface area (Å²) in [6.45, 7) is 1.96. The van der Waals surface area contributed by atoms with Gasteiger partial charge in [0.2, 0.25) is 0 Å². The second-order valence-corrected chi connectivity index (χ2v) is 4.87. The molecule has 0 saturated carbocycles. The van der Waals surface area contributed by atoms with E-state index in [4.69, 9.17) is 0 Å². The van der Waals surface area contributed by atoms with Gasteiger partial charge in [0.05, 0.1) is 0 Å². The third kappa shape index (κ3) is 2.64. The molecule has 0 N–H and O–H groups in total. The number of rotatable bonds is 3. The van der Waals surface area contributed by atoms with E-state index in [0.717, 1.165) is 16.7 Å². The average Bonchev–Trinajstić information content (AvgIpc) is 2.39. The Hall–Kier alpha value is -1.41. The van der Waals surface area contributed by atoms with E-state index in [0.29, 0.717) is 0 Å². The van der Waals surface area contributed by atoms with Crippen LogP contribution < -0.4 is 0 Å². The van der Waals surface area contributed by atoms with Crippen LogP contribution in [0.15, 0.2) is 54.6 Å². The van der Waals surface area contributed by atoms with Crippen molar-refractivity contribution in [3.8, 4) is 0 Å². The van der Waals surface area contributed by atoms with Crippen LogP contribution in [-0.2, 0) is 0 Å². The van der Waals surface area contributed by atoms with E-state index in [1.165, 1.54) is 0 Å². The van der Waals surface area contributed by atoms with Gasteiger partial charge in [-0.2, -0.15) is 0 Å². The highest BCUT2D eigenvalue weighted by Gasteiger charge is 2.19. The van der Waals surface area contributed by atoms with Gasteiger partial charge in [-0.15, -0.1) is 0 Å². The lowest BCUT2D eigenvalue weighted by Crippen LogP contribution is -2.08. The Morgan fingerprint density at radius 2 is 1.59 bits per heavy atom. The molecule has 2 aromatic carbocycles. The number of ketones is 1. The molecule has 0 saturated heterocycles. The molecule has 17 heavy (non-hydrogen) atoms. The van der Waals surface area contributed by atoms with Crippen LogP contribution in [0.2, 0.25) is 0 Å². The maximum absolute atomic E-state index is 12.3. The molecule has 0 aromatic heterocycles. The van der Waals surface area contributed by atoms with E-state index in [-0.39, 0.29) is 10.6 Å². The number of hydrogen-bond acceptors (Lipinski definition) is 1. The van der Waals surface area contributed by atoms with Crippen molar-refractivity contribution in [2.24, 2.45) is 0 Å². The molecule has 1 atom stereocenters. The highest BCUT2D eigenvalue weighted by Crippen LogP contribution is 2.27. The number of alkyl halides is 1. The third-order valence-corrected chi connectivity index (χ3v) is 3.68. The van der Waals surface area contributed by atoms with Crippen molar-refractivity contribution in [1.82, 2.24) is 0 Å². The molecule has 0 bridgehead atoms. The molecule has 0 amide bonds. The number of aryl methyl sites for hydroxylation is 1. The topological polar surface area (TPSA) is 17.1 Å². The zero-order chi connectivity index (χ0) is 12.3. The second kappa shape index (κ2) is 5.28. The van der Waals surface area contributed by atoms with E-state index in [1.807, 2.05) is 61.5 Å². The van der Waals surface area contributed by atoms with Crippen LogP contribution in [0.1, 0.15) is 26.3 Å². The summed E-state index contributed by atoms with van der Waals surface area (Å²) in [6, 6.07) is 17.4. The summed E-state index contributed by atoms with van der Waals surface area (Å²) in [7, 11) is 0. The van der Waals surface area contributed by atoms with Crippen molar-refractivity contribution in [3.63, 3.8) is 0 Å². The molecule has 1 nitrogen and oxygen atoms in total. The molecule has 2 rings (SSSR count). The molecule has 0 fully saturated rings. The fourth-order valence-electron chi connectivity index (χ4n) is 1.76. The van der Waals surface area contributed by atoms with Gasteiger partial charge in [0.15, 0.2) is 5.78 Å². The SMILES string of the molecule is Cc1ccccc1C(=O)C(Br)c1ccccc1. The maximum Gasteiger partial charge on any atom is 0.181 e. The van der Waals surface area contributed by atoms with E-state index >= 15 is 0 Å². The molecular formula is C15H13BrO. The van der Waals surface area contributed by atoms with Gasteiger partial charge in [0.1, 0.15) is 4.83 Å². The van der Waals surface area contributed by atoms with Crippen LogP contribution in [0.4, 0.5) is 0 Å². The Morgan fingerprint density at radius 3 is 2.24 bits per heavy atom. The maximum atomic E-state index is 12.3. The van der Waals surface area contributed by atoms with E-state index in [1.54, 1.807) is 0 Å². The van der Waals surface area contributed by atoms with Crippen LogP contribution in [0.5, 0.6) is 0 Å². The molecule has 0 aliphatic heterocycles. The van der Waals surface area contributed by atoms with Gasteiger partial charge in [0, 0.05) is 5.56 Å². The molecule has 2 heteroatoms. The van der Waals surface area contributed by atoms with Gasteiger partial charge in [-0.1, -0.05) is 70.5 Å². The summed E-state index contributed by atoms with van der Waals surface area (Å²) in [5.74, 6) is 0.106. The number of halogens is 1. The fourth-order valence-corrected chi connectivity index (χ4v) is 2.31. The minimum Gasteiger partial charge on any atom is -0.293 e. The van der Waals surface area contributed by atoms with Crippen molar-refractivity contribution in [3.05, 3.63) is 71.3 Å². The van der Waals surface area contributed by atoms with Crippen molar-refractivity contribution >= 4 is 21.7 Å². The van der Waals surface area contributed by atoms with Crippen LogP contribution in [0, 0.1) is 6.92 Å². The van der Waals surface area contributed by atoms with Crippen LogP contribution >= 0.6 is 15.9 Å². The molecule has 0 radical (unpaired) electrons. The predicted octanol–water partition coefficient (Wildman–Crippen LogP) is 4.31. The molecule has 2 aromatic rings. The highest BCUT2D eigenvalue weighted by atomic mass is 79.9. The first-order valence-electron chi connectivity index (χ1n) is 5.49. The van der Waals surface area contributed by atoms with Crippen LogP contribution in [-0.4, -0.2) is 5.78 Å². The van der Waals surface area contributed by atoms with Crippen molar-refractivity contribution < 1.29 is 4.79 Å². The smallest absolute Gasteiger partial charge is 0.181 e. The molecule has 0 heterocycles. The molecule has 1 unspecified atom stereocenters. The zero-order valence-electron chi connectivity index (χ0n) is 9.56. The average molecular weight is 289 g/mol. The largest absolute Gasteiger partial charge is 0.293 e. The summed E-state index contributed by atoms with van der Waals surface area (Å²) in [5.41, 5.74) is 2.77. The zero-order valence-corrected chi connectivity index (χ0v) is 11.1. The van der Waals surface area contributed by atoms with Crippen molar-refractivity contribution in [2.75, 3.05) is 0 Å². The van der Waals surface area contributed by atoms with Crippen LogP contribution in [0.25, 0.3) is 0 Å². The number of carbonyl (C=O) groups is 1. The Labute approximate surface area is 110 Å². The molecule has 0 spiro atoms. The minimum atomic E-state index is -0.273. The van der Waals surface area contributed by atoms with Gasteiger partial charge < -0.3 is 0 Å². The van der Waals surface area contributed by atoms with Gasteiger partial charge in [-0.05, 0) is 18.1 Å². The summed E-state index contributed by atoms with van der Waals surface area (Å²) in [5, 5.41) is 0. The first-order chi connectivity index (χ1) is 8.20. The molecular weight excluding hydrogens is 276 g/mol. The Balaban J connectivity index is 2.30. The summed E-state index contributed by atoms with van der Waals surface area (Å²) in [4.78, 5) is 12.0. The van der Waals surface area contributed by atoms with Crippen LogP contribution in [0.3, 0.4) is 0 Å². The standard InChI is InChI=1S/C15H13BrO/c1-11-7-5-6-10-13(11)15(17)14(16)12-8-3-2-4-9-12/h2-10,14H,1H3. The molecule has 0 aliphatic rings. The number of Topliss-reactive ketones (excluding diaryl/α,β-unsaturated/α-hetero) is 1.